The summed E-state index contributed by atoms with van der Waals surface area (Å²) in [4.78, 5) is 29.8. The Morgan fingerprint density at radius 3 is 2.66 bits per heavy atom. The second-order valence-electron chi connectivity index (χ2n) is 10.5. The topological polar surface area (TPSA) is 91.3 Å². The van der Waals surface area contributed by atoms with Gasteiger partial charge < -0.3 is 15.7 Å². The number of thioether (sulfide) groups is 1. The van der Waals surface area contributed by atoms with Crippen LogP contribution in [0.4, 0.5) is 5.82 Å². The highest BCUT2D eigenvalue weighted by atomic mass is 32.2. The zero-order chi connectivity index (χ0) is 22.3. The summed E-state index contributed by atoms with van der Waals surface area (Å²) in [6, 6.07) is 4.45. The lowest BCUT2D eigenvalue weighted by atomic mass is 9.68. The molecule has 174 valence electrons. The summed E-state index contributed by atoms with van der Waals surface area (Å²) in [7, 11) is 0. The Balaban J connectivity index is 1.31. The first-order valence-corrected chi connectivity index (χ1v) is 13.4. The first kappa shape index (κ1) is 22.1. The Morgan fingerprint density at radius 1 is 1.16 bits per heavy atom. The van der Waals surface area contributed by atoms with Crippen LogP contribution in [0, 0.1) is 23.2 Å². The predicted octanol–water partition coefficient (Wildman–Crippen LogP) is 4.95. The van der Waals surface area contributed by atoms with E-state index in [1.54, 1.807) is 11.8 Å². The van der Waals surface area contributed by atoms with Gasteiger partial charge in [-0.2, -0.15) is 0 Å². The Kier molecular flexibility index (Phi) is 6.12. The minimum atomic E-state index is -0.599. The van der Waals surface area contributed by atoms with Crippen molar-refractivity contribution in [1.29, 1.82) is 0 Å². The minimum Gasteiger partial charge on any atom is -0.481 e. The van der Waals surface area contributed by atoms with E-state index in [-0.39, 0.29) is 11.9 Å². The highest BCUT2D eigenvalue weighted by Gasteiger charge is 2.63. The summed E-state index contributed by atoms with van der Waals surface area (Å²) in [5.41, 5.74) is 0.200. The van der Waals surface area contributed by atoms with Crippen LogP contribution in [0.1, 0.15) is 81.5 Å². The van der Waals surface area contributed by atoms with Gasteiger partial charge in [0.15, 0.2) is 0 Å². The number of carbonyl (C=O) groups excluding carboxylic acids is 1. The maximum absolute atomic E-state index is 13.0. The molecule has 0 spiro atoms. The SMILES string of the molecule is CCCSc1nc(N[C@H]2C3CC4C[C@](C(=O)O)(C3)CC42)ccc1C(=O)NC1CCCCC1. The fourth-order valence-corrected chi connectivity index (χ4v) is 7.84. The van der Waals surface area contributed by atoms with Crippen LogP contribution in [0.15, 0.2) is 17.2 Å². The first-order chi connectivity index (χ1) is 15.5. The molecule has 3 unspecified atom stereocenters. The molecule has 5 saturated carbocycles. The molecule has 7 heteroatoms. The molecule has 5 aliphatic carbocycles. The van der Waals surface area contributed by atoms with Crippen LogP contribution in [0.5, 0.6) is 0 Å². The summed E-state index contributed by atoms with van der Waals surface area (Å²) < 4.78 is 0. The van der Waals surface area contributed by atoms with Crippen LogP contribution in [0.2, 0.25) is 0 Å². The van der Waals surface area contributed by atoms with Gasteiger partial charge in [0.05, 0.1) is 11.0 Å². The molecule has 1 amide bonds. The van der Waals surface area contributed by atoms with Crippen molar-refractivity contribution in [2.24, 2.45) is 23.2 Å². The van der Waals surface area contributed by atoms with E-state index >= 15 is 0 Å². The van der Waals surface area contributed by atoms with Crippen molar-refractivity contribution in [2.75, 3.05) is 11.1 Å². The van der Waals surface area contributed by atoms with E-state index in [1.807, 2.05) is 12.1 Å². The van der Waals surface area contributed by atoms with Crippen molar-refractivity contribution >= 4 is 29.5 Å². The summed E-state index contributed by atoms with van der Waals surface area (Å²) in [6.45, 7) is 2.14. The molecule has 1 heterocycles. The molecule has 4 bridgehead atoms. The molecular weight excluding hydrogens is 422 g/mol. The monoisotopic (exact) mass is 457 g/mol. The summed E-state index contributed by atoms with van der Waals surface area (Å²) in [5, 5.41) is 17.5. The largest absolute Gasteiger partial charge is 0.481 e. The van der Waals surface area contributed by atoms with Crippen molar-refractivity contribution in [3.63, 3.8) is 0 Å². The quantitative estimate of drug-likeness (QED) is 0.479. The number of carboxylic acids is 1. The number of hydrogen-bond donors (Lipinski definition) is 3. The van der Waals surface area contributed by atoms with Gasteiger partial charge >= 0.3 is 5.97 Å². The van der Waals surface area contributed by atoms with Gasteiger partial charge in [-0.1, -0.05) is 26.2 Å². The predicted molar refractivity (Wildman–Crippen MR) is 126 cm³/mol. The third-order valence-corrected chi connectivity index (χ3v) is 9.57. The average molecular weight is 458 g/mol. The zero-order valence-electron chi connectivity index (χ0n) is 18.9. The minimum absolute atomic E-state index is 0.00323. The maximum Gasteiger partial charge on any atom is 0.309 e. The number of aliphatic carboxylic acids is 1. The smallest absolute Gasteiger partial charge is 0.309 e. The van der Waals surface area contributed by atoms with Gasteiger partial charge in [-0.3, -0.25) is 9.59 Å². The number of nitrogens with one attached hydrogen (secondary N) is 2. The molecule has 5 atom stereocenters. The van der Waals surface area contributed by atoms with Crippen molar-refractivity contribution < 1.29 is 14.7 Å². The lowest BCUT2D eigenvalue weighted by Crippen LogP contribution is -2.43. The fourth-order valence-electron chi connectivity index (χ4n) is 6.97. The average Bonchev–Trinajstić information content (AvgIpc) is 3.19. The molecule has 1 aromatic heterocycles. The second-order valence-corrected chi connectivity index (χ2v) is 11.6. The number of pyridine rings is 1. The van der Waals surface area contributed by atoms with E-state index in [4.69, 9.17) is 4.98 Å². The molecule has 0 aromatic carbocycles. The highest BCUT2D eigenvalue weighted by Crippen LogP contribution is 2.64. The van der Waals surface area contributed by atoms with Crippen molar-refractivity contribution in [3.05, 3.63) is 17.7 Å². The third kappa shape index (κ3) is 4.02. The number of hydrogen-bond acceptors (Lipinski definition) is 5. The summed E-state index contributed by atoms with van der Waals surface area (Å²) >= 11 is 1.65. The van der Waals surface area contributed by atoms with Crippen LogP contribution < -0.4 is 10.6 Å². The Hall–Kier alpha value is -1.76. The normalized spacial score (nSPS) is 33.4. The van der Waals surface area contributed by atoms with Crippen molar-refractivity contribution in [2.45, 2.75) is 88.2 Å². The number of carboxylic acid groups (broad SMARTS) is 1. The van der Waals surface area contributed by atoms with Crippen LogP contribution in [0.3, 0.4) is 0 Å². The van der Waals surface area contributed by atoms with Gasteiger partial charge in [-0.15, -0.1) is 11.8 Å². The zero-order valence-corrected chi connectivity index (χ0v) is 19.8. The number of rotatable bonds is 8. The second kappa shape index (κ2) is 8.88. The van der Waals surface area contributed by atoms with E-state index < -0.39 is 11.4 Å². The molecule has 3 N–H and O–H groups in total. The number of amides is 1. The van der Waals surface area contributed by atoms with Crippen LogP contribution >= 0.6 is 11.8 Å². The number of aromatic nitrogens is 1. The molecule has 5 aliphatic rings. The van der Waals surface area contributed by atoms with Gasteiger partial charge in [0.25, 0.3) is 5.91 Å². The summed E-state index contributed by atoms with van der Waals surface area (Å²) in [6.07, 6.45) is 10.4. The molecule has 0 saturated heterocycles. The molecule has 5 fully saturated rings. The first-order valence-electron chi connectivity index (χ1n) is 12.4. The number of carbonyl (C=O) groups is 2. The lowest BCUT2D eigenvalue weighted by Gasteiger charge is -2.39. The van der Waals surface area contributed by atoms with E-state index in [9.17, 15) is 14.7 Å². The van der Waals surface area contributed by atoms with Gasteiger partial charge in [-0.25, -0.2) is 4.98 Å². The van der Waals surface area contributed by atoms with E-state index in [2.05, 4.69) is 17.6 Å². The molecule has 6 nitrogen and oxygen atoms in total. The standard InChI is InChI=1S/C25H35N3O3S/c1-2-10-32-23-18(22(29)26-17-6-4-3-5-7-17)8-9-20(28-23)27-21-16-11-15-12-25(13-16,24(30)31)14-19(15)21/h8-9,15-17,19,21H,2-7,10-14H2,1H3,(H,26,29)(H,27,28)(H,30,31)/t15?,16?,19?,21-,25-/m0/s1. The molecule has 6 rings (SSSR count). The number of nitrogens with zero attached hydrogens (tertiary/aromatic N) is 1. The van der Waals surface area contributed by atoms with E-state index in [0.717, 1.165) is 61.5 Å². The third-order valence-electron chi connectivity index (χ3n) is 8.37. The van der Waals surface area contributed by atoms with Crippen molar-refractivity contribution in [1.82, 2.24) is 10.3 Å². The molecule has 1 aromatic rings. The maximum atomic E-state index is 13.0. The summed E-state index contributed by atoms with van der Waals surface area (Å²) in [5.74, 6) is 2.51. The fraction of sp³-hybridized carbons (Fsp3) is 0.720. The van der Waals surface area contributed by atoms with E-state index in [1.165, 1.54) is 19.3 Å². The Bertz CT molecular complexity index is 883. The molecule has 32 heavy (non-hydrogen) atoms. The van der Waals surface area contributed by atoms with Gasteiger partial charge in [-0.05, 0) is 80.6 Å². The van der Waals surface area contributed by atoms with Crippen LogP contribution in [-0.2, 0) is 4.79 Å². The van der Waals surface area contributed by atoms with E-state index in [0.29, 0.717) is 29.4 Å². The van der Waals surface area contributed by atoms with Crippen LogP contribution in [0.25, 0.3) is 0 Å². The van der Waals surface area contributed by atoms with Gasteiger partial charge in [0.1, 0.15) is 10.8 Å². The molecule has 0 radical (unpaired) electrons. The Labute approximate surface area is 194 Å². The Morgan fingerprint density at radius 2 is 1.94 bits per heavy atom. The van der Waals surface area contributed by atoms with Gasteiger partial charge in [0, 0.05) is 12.1 Å². The lowest BCUT2D eigenvalue weighted by molar-refractivity contribution is -0.152. The number of anilines is 1. The van der Waals surface area contributed by atoms with Gasteiger partial charge in [0.2, 0.25) is 0 Å². The molecule has 0 aliphatic heterocycles. The highest BCUT2D eigenvalue weighted by molar-refractivity contribution is 7.99. The van der Waals surface area contributed by atoms with Crippen molar-refractivity contribution in [3.8, 4) is 0 Å². The molecular formula is C25H35N3O3S. The van der Waals surface area contributed by atoms with Crippen LogP contribution in [-0.4, -0.2) is 39.8 Å².